The number of nitrogens with zero attached hydrogens (tertiary/aromatic N) is 2. The summed E-state index contributed by atoms with van der Waals surface area (Å²) in [5.41, 5.74) is 2.74. The minimum atomic E-state index is -0.395. The third-order valence-electron chi connectivity index (χ3n) is 6.53. The number of aryl methyl sites for hydroxylation is 1. The Morgan fingerprint density at radius 1 is 0.950 bits per heavy atom. The van der Waals surface area contributed by atoms with Crippen molar-refractivity contribution >= 4 is 22.8 Å². The molecule has 1 aromatic heterocycles. The monoisotopic (exact) mass is 540 g/mol. The zero-order valence-electron chi connectivity index (χ0n) is 22.9. The minimum absolute atomic E-state index is 0.0158. The van der Waals surface area contributed by atoms with Crippen molar-refractivity contribution in [2.24, 2.45) is 0 Å². The number of rotatable bonds is 11. The molecule has 0 aliphatic heterocycles. The van der Waals surface area contributed by atoms with Gasteiger partial charge in [0.25, 0.3) is 5.91 Å². The fourth-order valence-corrected chi connectivity index (χ4v) is 4.42. The van der Waals surface area contributed by atoms with Crippen LogP contribution in [0.4, 0.5) is 0 Å². The van der Waals surface area contributed by atoms with Crippen LogP contribution >= 0.6 is 0 Å². The number of fused-ring (bicyclic) bond motifs is 1. The van der Waals surface area contributed by atoms with Gasteiger partial charge in [0, 0.05) is 19.2 Å². The Labute approximate surface area is 233 Å². The quantitative estimate of drug-likeness (QED) is 0.250. The van der Waals surface area contributed by atoms with Gasteiger partial charge in [-0.25, -0.2) is 0 Å². The molecule has 0 aliphatic carbocycles. The molecule has 4 aromatic rings. The number of amides is 2. The van der Waals surface area contributed by atoms with E-state index in [1.807, 2.05) is 43.3 Å². The second-order valence-electron chi connectivity index (χ2n) is 9.37. The van der Waals surface area contributed by atoms with Crippen molar-refractivity contribution in [3.05, 3.63) is 118 Å². The molecule has 0 bridgehead atoms. The van der Waals surface area contributed by atoms with E-state index < -0.39 is 5.91 Å². The van der Waals surface area contributed by atoms with Gasteiger partial charge in [-0.1, -0.05) is 48.0 Å². The summed E-state index contributed by atoms with van der Waals surface area (Å²) in [6, 6.07) is 19.8. The van der Waals surface area contributed by atoms with E-state index in [1.165, 1.54) is 25.4 Å². The number of benzene rings is 3. The molecule has 0 N–H and O–H groups in total. The summed E-state index contributed by atoms with van der Waals surface area (Å²) < 4.78 is 16.4. The fraction of sp³-hybridized carbons (Fsp3) is 0.219. The molecule has 8 nitrogen and oxygen atoms in total. The molecule has 8 heteroatoms. The van der Waals surface area contributed by atoms with E-state index in [0.29, 0.717) is 28.0 Å². The summed E-state index contributed by atoms with van der Waals surface area (Å²) in [6.45, 7) is 5.82. The SMILES string of the molecule is C=CCN(CC(=O)N(Cc1ccccc1)Cc1coc2ccc(C)cc2c1=O)C(=O)c1ccc(OC)cc1OC. The van der Waals surface area contributed by atoms with Gasteiger partial charge in [-0.2, -0.15) is 0 Å². The number of hydrogen-bond donors (Lipinski definition) is 0. The highest BCUT2D eigenvalue weighted by Crippen LogP contribution is 2.26. The Kier molecular flexibility index (Phi) is 9.01. The normalized spacial score (nSPS) is 10.7. The minimum Gasteiger partial charge on any atom is -0.497 e. The van der Waals surface area contributed by atoms with Crippen LogP contribution < -0.4 is 14.9 Å². The van der Waals surface area contributed by atoms with Crippen LogP contribution in [0.25, 0.3) is 11.0 Å². The first kappa shape index (κ1) is 28.2. The second-order valence-corrected chi connectivity index (χ2v) is 9.37. The van der Waals surface area contributed by atoms with Crippen molar-refractivity contribution in [1.82, 2.24) is 9.80 Å². The summed E-state index contributed by atoms with van der Waals surface area (Å²) in [4.78, 5) is 43.6. The van der Waals surface area contributed by atoms with Gasteiger partial charge in [-0.05, 0) is 36.8 Å². The third kappa shape index (κ3) is 6.40. The zero-order chi connectivity index (χ0) is 28.6. The topological polar surface area (TPSA) is 89.3 Å². The van der Waals surface area contributed by atoms with Crippen LogP contribution in [-0.2, 0) is 17.9 Å². The average molecular weight is 541 g/mol. The van der Waals surface area contributed by atoms with Crippen molar-refractivity contribution in [3.8, 4) is 11.5 Å². The van der Waals surface area contributed by atoms with Crippen LogP contribution in [0.5, 0.6) is 11.5 Å². The summed E-state index contributed by atoms with van der Waals surface area (Å²) in [5.74, 6) is 0.137. The molecular formula is C32H32N2O6. The highest BCUT2D eigenvalue weighted by atomic mass is 16.5. The van der Waals surface area contributed by atoms with E-state index in [9.17, 15) is 14.4 Å². The van der Waals surface area contributed by atoms with Crippen molar-refractivity contribution in [2.45, 2.75) is 20.0 Å². The lowest BCUT2D eigenvalue weighted by atomic mass is 10.1. The first-order valence-corrected chi connectivity index (χ1v) is 12.8. The molecule has 40 heavy (non-hydrogen) atoms. The number of carbonyl (C=O) groups is 2. The molecule has 0 atom stereocenters. The average Bonchev–Trinajstić information content (AvgIpc) is 2.97. The van der Waals surface area contributed by atoms with Crippen LogP contribution in [0.15, 0.2) is 94.9 Å². The van der Waals surface area contributed by atoms with Crippen LogP contribution in [-0.4, -0.2) is 48.9 Å². The third-order valence-corrected chi connectivity index (χ3v) is 6.53. The van der Waals surface area contributed by atoms with E-state index in [4.69, 9.17) is 13.9 Å². The Balaban J connectivity index is 1.65. The maximum atomic E-state index is 13.8. The van der Waals surface area contributed by atoms with Gasteiger partial charge in [-0.15, -0.1) is 6.58 Å². The van der Waals surface area contributed by atoms with Crippen LogP contribution in [0.1, 0.15) is 27.0 Å². The number of methoxy groups -OCH3 is 2. The molecule has 0 radical (unpaired) electrons. The molecule has 2 amide bonds. The lowest BCUT2D eigenvalue weighted by Gasteiger charge is -2.27. The molecule has 0 spiro atoms. The molecule has 0 saturated heterocycles. The van der Waals surface area contributed by atoms with Gasteiger partial charge < -0.3 is 23.7 Å². The molecular weight excluding hydrogens is 508 g/mol. The molecule has 0 fully saturated rings. The van der Waals surface area contributed by atoms with Gasteiger partial charge in [-0.3, -0.25) is 14.4 Å². The van der Waals surface area contributed by atoms with Crippen molar-refractivity contribution in [2.75, 3.05) is 27.3 Å². The Hall–Kier alpha value is -4.85. The predicted octanol–water partition coefficient (Wildman–Crippen LogP) is 4.98. The number of carbonyl (C=O) groups excluding carboxylic acids is 2. The Bertz CT molecular complexity index is 1580. The summed E-state index contributed by atoms with van der Waals surface area (Å²) in [5, 5.41) is 0.458. The van der Waals surface area contributed by atoms with Gasteiger partial charge in [0.1, 0.15) is 23.6 Å². The molecule has 1 heterocycles. The van der Waals surface area contributed by atoms with Crippen molar-refractivity contribution in [1.29, 1.82) is 0 Å². The number of hydrogen-bond acceptors (Lipinski definition) is 6. The summed E-state index contributed by atoms with van der Waals surface area (Å²) in [7, 11) is 2.99. The Morgan fingerprint density at radius 2 is 1.73 bits per heavy atom. The summed E-state index contributed by atoms with van der Waals surface area (Å²) in [6.07, 6.45) is 2.96. The van der Waals surface area contributed by atoms with E-state index in [0.717, 1.165) is 11.1 Å². The molecule has 3 aromatic carbocycles. The molecule has 0 unspecified atom stereocenters. The highest BCUT2D eigenvalue weighted by molar-refractivity contribution is 5.99. The van der Waals surface area contributed by atoms with Crippen LogP contribution in [0.2, 0.25) is 0 Å². The lowest BCUT2D eigenvalue weighted by molar-refractivity contribution is -0.133. The maximum Gasteiger partial charge on any atom is 0.258 e. The van der Waals surface area contributed by atoms with Gasteiger partial charge in [0.2, 0.25) is 5.91 Å². The van der Waals surface area contributed by atoms with E-state index in [2.05, 4.69) is 6.58 Å². The summed E-state index contributed by atoms with van der Waals surface area (Å²) >= 11 is 0. The molecule has 0 saturated carbocycles. The molecule has 206 valence electrons. The standard InChI is InChI=1S/C32H32N2O6/c1-5-15-33(32(37)26-13-12-25(38-3)17-29(26)39-4)20-30(35)34(18-23-9-7-6-8-10-23)19-24-21-40-28-14-11-22(2)16-27(28)31(24)36/h5-14,16-17,21H,1,15,18-20H2,2-4H3. The van der Waals surface area contributed by atoms with Crippen LogP contribution in [0.3, 0.4) is 0 Å². The fourth-order valence-electron chi connectivity index (χ4n) is 4.42. The Morgan fingerprint density at radius 3 is 2.42 bits per heavy atom. The van der Waals surface area contributed by atoms with Crippen molar-refractivity contribution < 1.29 is 23.5 Å². The molecule has 0 aliphatic rings. The smallest absolute Gasteiger partial charge is 0.258 e. The van der Waals surface area contributed by atoms with Gasteiger partial charge in [0.15, 0.2) is 5.43 Å². The highest BCUT2D eigenvalue weighted by Gasteiger charge is 2.25. The largest absolute Gasteiger partial charge is 0.497 e. The first-order chi connectivity index (χ1) is 19.3. The van der Waals surface area contributed by atoms with E-state index >= 15 is 0 Å². The van der Waals surface area contributed by atoms with Crippen LogP contribution in [0, 0.1) is 6.92 Å². The molecule has 4 rings (SSSR count). The second kappa shape index (κ2) is 12.8. The van der Waals surface area contributed by atoms with E-state index in [1.54, 1.807) is 41.3 Å². The lowest BCUT2D eigenvalue weighted by Crippen LogP contribution is -2.43. The first-order valence-electron chi connectivity index (χ1n) is 12.8. The number of ether oxygens (including phenoxy) is 2. The van der Waals surface area contributed by atoms with Gasteiger partial charge >= 0.3 is 0 Å². The zero-order valence-corrected chi connectivity index (χ0v) is 22.9. The predicted molar refractivity (Wildman–Crippen MR) is 154 cm³/mol. The maximum absolute atomic E-state index is 13.8. The van der Waals surface area contributed by atoms with E-state index in [-0.39, 0.29) is 43.1 Å². The van der Waals surface area contributed by atoms with Crippen molar-refractivity contribution in [3.63, 3.8) is 0 Å². The van der Waals surface area contributed by atoms with Gasteiger partial charge in [0.05, 0.1) is 43.5 Å².